The highest BCUT2D eigenvalue weighted by Gasteiger charge is 2.39. The average Bonchev–Trinajstić information content (AvgIpc) is 2.59. The van der Waals surface area contributed by atoms with Gasteiger partial charge in [0.2, 0.25) is 0 Å². The molecule has 1 N–H and O–H groups in total. The van der Waals surface area contributed by atoms with Crippen molar-refractivity contribution in [2.75, 3.05) is 13.6 Å². The maximum atomic E-state index is 12.6. The Balaban J connectivity index is 3.44. The Morgan fingerprint density at radius 1 is 0.875 bits per heavy atom. The zero-order valence-electron chi connectivity index (χ0n) is 22.1. The van der Waals surface area contributed by atoms with Gasteiger partial charge < -0.3 is 19.2 Å². The van der Waals surface area contributed by atoms with Crippen LogP contribution in [0.15, 0.2) is 18.2 Å². The van der Waals surface area contributed by atoms with E-state index in [1.165, 1.54) is 0 Å². The van der Waals surface area contributed by atoms with Crippen LogP contribution >= 0.6 is 0 Å². The van der Waals surface area contributed by atoms with Crippen LogP contribution in [0.2, 0.25) is 18.1 Å². The smallest absolute Gasteiger partial charge is 0.316 e. The predicted molar refractivity (Wildman–Crippen MR) is 132 cm³/mol. The molecule has 6 nitrogen and oxygen atoms in total. The Morgan fingerprint density at radius 3 is 1.75 bits per heavy atom. The molecule has 7 heteroatoms. The highest BCUT2D eigenvalue weighted by Crippen LogP contribution is 2.41. The van der Waals surface area contributed by atoms with Crippen LogP contribution in [0.4, 0.5) is 0 Å². The van der Waals surface area contributed by atoms with E-state index in [-0.39, 0.29) is 22.6 Å². The Morgan fingerprint density at radius 2 is 1.34 bits per heavy atom. The highest BCUT2D eigenvalue weighted by atomic mass is 28.4. The van der Waals surface area contributed by atoms with Gasteiger partial charge >= 0.3 is 11.9 Å². The van der Waals surface area contributed by atoms with Crippen molar-refractivity contribution in [2.24, 2.45) is 10.8 Å². The molecule has 0 heterocycles. The molecule has 1 aromatic rings. The third kappa shape index (κ3) is 7.71. The van der Waals surface area contributed by atoms with Crippen molar-refractivity contribution < 1.29 is 23.5 Å². The molecule has 32 heavy (non-hydrogen) atoms. The Hall–Kier alpha value is -1.70. The van der Waals surface area contributed by atoms with E-state index in [0.717, 1.165) is 5.56 Å². The van der Waals surface area contributed by atoms with Crippen LogP contribution in [0, 0.1) is 10.8 Å². The summed E-state index contributed by atoms with van der Waals surface area (Å²) < 4.78 is 18.0. The fourth-order valence-corrected chi connectivity index (χ4v) is 3.62. The lowest BCUT2D eigenvalue weighted by Gasteiger charge is -2.39. The van der Waals surface area contributed by atoms with Crippen molar-refractivity contribution in [1.82, 2.24) is 5.32 Å². The predicted octanol–water partition coefficient (Wildman–Crippen LogP) is 5.87. The summed E-state index contributed by atoms with van der Waals surface area (Å²) in [5.74, 6) is -0.359. The van der Waals surface area contributed by atoms with Gasteiger partial charge in [0.25, 0.3) is 0 Å². The summed E-state index contributed by atoms with van der Waals surface area (Å²) >= 11 is 0. The zero-order valence-corrected chi connectivity index (χ0v) is 23.1. The van der Waals surface area contributed by atoms with Crippen molar-refractivity contribution in [3.05, 3.63) is 23.8 Å². The van der Waals surface area contributed by atoms with Crippen LogP contribution in [0.5, 0.6) is 11.5 Å². The molecule has 1 aromatic carbocycles. The lowest BCUT2D eigenvalue weighted by atomic mass is 9.97. The second kappa shape index (κ2) is 10.1. The molecule has 1 rings (SSSR count). The molecule has 0 aromatic heterocycles. The normalized spacial score (nSPS) is 14.1. The summed E-state index contributed by atoms with van der Waals surface area (Å²) in [6.45, 7) is 22.3. The van der Waals surface area contributed by atoms with Crippen LogP contribution in [0.1, 0.15) is 74.0 Å². The Kier molecular flexibility index (Phi) is 8.90. The summed E-state index contributed by atoms with van der Waals surface area (Å²) in [5, 5.41) is 3.24. The molecule has 0 saturated heterocycles. The lowest BCUT2D eigenvalue weighted by Crippen LogP contribution is -2.43. The van der Waals surface area contributed by atoms with E-state index in [1.807, 2.05) is 13.1 Å². The van der Waals surface area contributed by atoms with Gasteiger partial charge in [-0.2, -0.15) is 0 Å². The molecule has 0 aliphatic heterocycles. The summed E-state index contributed by atoms with van der Waals surface area (Å²) in [4.78, 5) is 25.1. The number of benzene rings is 1. The second-order valence-electron chi connectivity index (χ2n) is 11.9. The van der Waals surface area contributed by atoms with Crippen molar-refractivity contribution in [3.63, 3.8) is 0 Å². The molecule has 1 atom stereocenters. The van der Waals surface area contributed by atoms with Gasteiger partial charge in [-0.05, 0) is 84.4 Å². The number of hydrogen-bond donors (Lipinski definition) is 1. The van der Waals surface area contributed by atoms with Crippen LogP contribution < -0.4 is 14.8 Å². The first-order valence-electron chi connectivity index (χ1n) is 11.2. The molecule has 0 saturated carbocycles. The first-order chi connectivity index (χ1) is 14.3. The molecule has 0 bridgehead atoms. The molecular weight excluding hydrogens is 422 g/mol. The SMILES string of the molecule is CNCC(O[Si](C)(C)C(C)(C)C)c1ccc(OC(=O)C(C)(C)C)c(OC(=O)C(C)(C)C)c1. The maximum absolute atomic E-state index is 12.6. The molecule has 0 spiro atoms. The van der Waals surface area contributed by atoms with Gasteiger partial charge in [-0.1, -0.05) is 26.8 Å². The average molecular weight is 466 g/mol. The molecule has 0 aliphatic rings. The summed E-state index contributed by atoms with van der Waals surface area (Å²) in [5.41, 5.74) is -0.538. The van der Waals surface area contributed by atoms with Gasteiger partial charge in [-0.15, -0.1) is 0 Å². The largest absolute Gasteiger partial charge is 0.422 e. The van der Waals surface area contributed by atoms with E-state index in [4.69, 9.17) is 13.9 Å². The Labute approximate surface area is 195 Å². The van der Waals surface area contributed by atoms with Crippen LogP contribution in [0.25, 0.3) is 0 Å². The van der Waals surface area contributed by atoms with Gasteiger partial charge in [-0.3, -0.25) is 9.59 Å². The zero-order chi connectivity index (χ0) is 25.1. The molecule has 0 amide bonds. The molecule has 0 fully saturated rings. The highest BCUT2D eigenvalue weighted by molar-refractivity contribution is 6.74. The molecule has 182 valence electrons. The van der Waals surface area contributed by atoms with E-state index in [0.29, 0.717) is 6.54 Å². The minimum absolute atomic E-state index is 0.0443. The van der Waals surface area contributed by atoms with Gasteiger partial charge in [-0.25, -0.2) is 0 Å². The van der Waals surface area contributed by atoms with Gasteiger partial charge in [0.05, 0.1) is 16.9 Å². The number of nitrogens with one attached hydrogen (secondary N) is 1. The van der Waals surface area contributed by atoms with E-state index in [9.17, 15) is 9.59 Å². The third-order valence-electron chi connectivity index (χ3n) is 5.60. The van der Waals surface area contributed by atoms with Gasteiger partial charge in [0.15, 0.2) is 19.8 Å². The van der Waals surface area contributed by atoms with Crippen LogP contribution in [0.3, 0.4) is 0 Å². The fraction of sp³-hybridized carbons (Fsp3) is 0.680. The first kappa shape index (κ1) is 28.3. The number of hydrogen-bond acceptors (Lipinski definition) is 6. The number of likely N-dealkylation sites (N-methyl/N-ethyl adjacent to an activating group) is 1. The van der Waals surface area contributed by atoms with E-state index < -0.39 is 31.1 Å². The minimum Gasteiger partial charge on any atom is -0.422 e. The van der Waals surface area contributed by atoms with Crippen molar-refractivity contribution >= 4 is 20.3 Å². The van der Waals surface area contributed by atoms with E-state index >= 15 is 0 Å². The molecule has 0 radical (unpaired) electrons. The van der Waals surface area contributed by atoms with Crippen molar-refractivity contribution in [1.29, 1.82) is 0 Å². The summed E-state index contributed by atoms with van der Waals surface area (Å²) in [7, 11) is -0.188. The number of rotatable bonds is 7. The monoisotopic (exact) mass is 465 g/mol. The Bertz CT molecular complexity index is 813. The maximum Gasteiger partial charge on any atom is 0.316 e. The molecule has 0 aliphatic carbocycles. The standard InChI is InChI=1S/C25H43NO5Si/c1-23(2,3)21(27)29-18-14-13-17(15-19(18)30-22(28)24(4,5)6)20(16-26-10)31-32(11,12)25(7,8)9/h13-15,20,26H,16H2,1-12H3. The topological polar surface area (TPSA) is 73.9 Å². The number of carbonyl (C=O) groups is 2. The number of ether oxygens (including phenoxy) is 2. The summed E-state index contributed by atoms with van der Waals surface area (Å²) in [6, 6.07) is 5.31. The van der Waals surface area contributed by atoms with Gasteiger partial charge in [0, 0.05) is 6.54 Å². The van der Waals surface area contributed by atoms with Crippen molar-refractivity contribution in [2.45, 2.75) is 86.5 Å². The number of esters is 2. The summed E-state index contributed by atoms with van der Waals surface area (Å²) in [6.07, 6.45) is -0.236. The quantitative estimate of drug-likeness (QED) is 0.308. The fourth-order valence-electron chi connectivity index (χ4n) is 2.34. The van der Waals surface area contributed by atoms with Gasteiger partial charge in [0.1, 0.15) is 0 Å². The van der Waals surface area contributed by atoms with E-state index in [2.05, 4.69) is 39.2 Å². The third-order valence-corrected chi connectivity index (χ3v) is 10.1. The van der Waals surface area contributed by atoms with E-state index in [1.54, 1.807) is 53.7 Å². The van der Waals surface area contributed by atoms with Crippen LogP contribution in [-0.4, -0.2) is 33.8 Å². The van der Waals surface area contributed by atoms with Crippen molar-refractivity contribution in [3.8, 4) is 11.5 Å². The lowest BCUT2D eigenvalue weighted by molar-refractivity contribution is -0.145. The molecular formula is C25H43NO5Si. The number of carbonyl (C=O) groups excluding carboxylic acids is 2. The first-order valence-corrected chi connectivity index (χ1v) is 14.1. The molecule has 1 unspecified atom stereocenters. The minimum atomic E-state index is -2.07. The second-order valence-corrected chi connectivity index (χ2v) is 16.7. The van der Waals surface area contributed by atoms with Crippen LogP contribution in [-0.2, 0) is 14.0 Å².